The number of carboxylic acids is 1. The molecule has 160 valence electrons. The third-order valence-corrected chi connectivity index (χ3v) is 5.71. The van der Waals surface area contributed by atoms with E-state index in [2.05, 4.69) is 20.9 Å². The molecule has 1 N–H and O–H groups in total. The van der Waals surface area contributed by atoms with Crippen molar-refractivity contribution in [3.05, 3.63) is 68.2 Å². The van der Waals surface area contributed by atoms with Gasteiger partial charge in [-0.15, -0.1) is 0 Å². The lowest BCUT2D eigenvalue weighted by atomic mass is 10.2. The predicted octanol–water partition coefficient (Wildman–Crippen LogP) is 3.39. The average Bonchev–Trinajstić information content (AvgIpc) is 2.76. The summed E-state index contributed by atoms with van der Waals surface area (Å²) in [4.78, 5) is 43.1. The van der Waals surface area contributed by atoms with E-state index in [4.69, 9.17) is 9.47 Å². The number of rotatable bonds is 5. The number of pyridine rings is 1. The third-order valence-electron chi connectivity index (χ3n) is 4.91. The Morgan fingerprint density at radius 3 is 2.71 bits per heavy atom. The molecule has 1 saturated heterocycles. The number of anilines is 1. The van der Waals surface area contributed by atoms with Gasteiger partial charge in [0.15, 0.2) is 11.3 Å². The number of hydrogen-bond acceptors (Lipinski definition) is 6. The number of carbonyl (C=O) groups is 2. The molecule has 10 heteroatoms. The van der Waals surface area contributed by atoms with Crippen LogP contribution in [0.2, 0.25) is 0 Å². The van der Waals surface area contributed by atoms with Gasteiger partial charge in [0, 0.05) is 16.7 Å². The van der Waals surface area contributed by atoms with Gasteiger partial charge in [-0.1, -0.05) is 30.3 Å². The first-order chi connectivity index (χ1) is 14.9. The number of nitrogens with zero attached hydrogens (tertiary/aromatic N) is 3. The summed E-state index contributed by atoms with van der Waals surface area (Å²) in [6.45, 7) is 2.34. The fourth-order valence-electron chi connectivity index (χ4n) is 3.36. The molecule has 0 aliphatic carbocycles. The molecule has 9 nitrogen and oxygen atoms in total. The summed E-state index contributed by atoms with van der Waals surface area (Å²) in [6, 6.07) is 10.7. The molecule has 0 radical (unpaired) electrons. The van der Waals surface area contributed by atoms with E-state index in [9.17, 15) is 19.5 Å². The van der Waals surface area contributed by atoms with Gasteiger partial charge in [0.2, 0.25) is 5.75 Å². The summed E-state index contributed by atoms with van der Waals surface area (Å²) in [5.41, 5.74) is 0.373. The molecule has 0 unspecified atom stereocenters. The number of benzene rings is 1. The highest BCUT2D eigenvalue weighted by Crippen LogP contribution is 2.30. The Morgan fingerprint density at radius 2 is 2.03 bits per heavy atom. The van der Waals surface area contributed by atoms with E-state index in [0.29, 0.717) is 29.7 Å². The zero-order chi connectivity index (χ0) is 22.1. The van der Waals surface area contributed by atoms with Crippen LogP contribution in [0.25, 0.3) is 5.65 Å². The molecular formula is C21H18BrN3O6. The minimum absolute atomic E-state index is 0.00245. The number of fused-ring (bicyclic) bond motifs is 1. The number of amides is 1. The van der Waals surface area contributed by atoms with E-state index in [-0.39, 0.29) is 23.7 Å². The quantitative estimate of drug-likeness (QED) is 0.586. The van der Waals surface area contributed by atoms with Gasteiger partial charge in [-0.3, -0.25) is 14.1 Å². The van der Waals surface area contributed by atoms with Gasteiger partial charge in [-0.25, -0.2) is 14.6 Å². The molecule has 0 bridgehead atoms. The van der Waals surface area contributed by atoms with Crippen LogP contribution in [0.15, 0.2) is 45.7 Å². The van der Waals surface area contributed by atoms with Crippen molar-refractivity contribution < 1.29 is 24.2 Å². The van der Waals surface area contributed by atoms with E-state index in [1.165, 1.54) is 9.30 Å². The maximum absolute atomic E-state index is 13.3. The van der Waals surface area contributed by atoms with Gasteiger partial charge in [0.1, 0.15) is 6.61 Å². The Hall–Kier alpha value is -3.40. The Labute approximate surface area is 185 Å². The van der Waals surface area contributed by atoms with Crippen molar-refractivity contribution in [3.63, 3.8) is 0 Å². The molecule has 3 heterocycles. The topological polar surface area (TPSA) is 110 Å². The Balaban J connectivity index is 1.92. The second-order valence-corrected chi connectivity index (χ2v) is 7.77. The molecule has 3 aromatic rings. The van der Waals surface area contributed by atoms with Gasteiger partial charge in [0.05, 0.1) is 12.3 Å². The Morgan fingerprint density at radius 1 is 1.29 bits per heavy atom. The molecule has 0 atom stereocenters. The van der Waals surface area contributed by atoms with Gasteiger partial charge >= 0.3 is 17.6 Å². The lowest BCUT2D eigenvalue weighted by Gasteiger charge is -2.27. The van der Waals surface area contributed by atoms with E-state index in [0.717, 1.165) is 5.56 Å². The number of aryl methyl sites for hydroxylation is 1. The van der Waals surface area contributed by atoms with Crippen LogP contribution in [0, 0.1) is 6.92 Å². The molecule has 1 aliphatic rings. The molecule has 4 rings (SSSR count). The van der Waals surface area contributed by atoms with Crippen molar-refractivity contribution in [1.29, 1.82) is 0 Å². The normalized spacial score (nSPS) is 13.9. The standard InChI is InChI=1S/C21H18BrN3O6/c1-12-14(22)10-15(24-8-5-9-30-21(24)29)18-23-16(20(27)28)17(19(26)25(12)18)31-11-13-6-3-2-4-7-13/h2-4,6-7,10H,5,8-9,11H2,1H3,(H,27,28). The van der Waals surface area contributed by atoms with Gasteiger partial charge in [-0.05, 0) is 40.9 Å². The van der Waals surface area contributed by atoms with Crippen molar-refractivity contribution in [2.45, 2.75) is 20.0 Å². The summed E-state index contributed by atoms with van der Waals surface area (Å²) in [7, 11) is 0. The molecule has 2 aromatic heterocycles. The van der Waals surface area contributed by atoms with E-state index in [1.807, 2.05) is 18.2 Å². The lowest BCUT2D eigenvalue weighted by Crippen LogP contribution is -2.38. The van der Waals surface area contributed by atoms with Crippen LogP contribution in [-0.4, -0.2) is 39.7 Å². The number of cyclic esters (lactones) is 1. The van der Waals surface area contributed by atoms with E-state index >= 15 is 0 Å². The molecule has 31 heavy (non-hydrogen) atoms. The molecule has 0 saturated carbocycles. The summed E-state index contributed by atoms with van der Waals surface area (Å²) in [5.74, 6) is -1.78. The fraction of sp³-hybridized carbons (Fsp3) is 0.238. The van der Waals surface area contributed by atoms with Gasteiger partial charge in [0.25, 0.3) is 0 Å². The van der Waals surface area contributed by atoms with Gasteiger partial charge < -0.3 is 14.6 Å². The van der Waals surface area contributed by atoms with E-state index < -0.39 is 23.3 Å². The molecule has 1 aliphatic heterocycles. The van der Waals surface area contributed by atoms with Crippen molar-refractivity contribution in [1.82, 2.24) is 9.38 Å². The van der Waals surface area contributed by atoms with Crippen LogP contribution in [0.4, 0.5) is 10.5 Å². The first-order valence-electron chi connectivity index (χ1n) is 9.48. The number of halogens is 1. The number of ether oxygens (including phenoxy) is 2. The predicted molar refractivity (Wildman–Crippen MR) is 115 cm³/mol. The number of carboxylic acid groups (broad SMARTS) is 1. The molecule has 1 fully saturated rings. The highest BCUT2D eigenvalue weighted by molar-refractivity contribution is 9.10. The van der Waals surface area contributed by atoms with Crippen LogP contribution in [0.3, 0.4) is 0 Å². The van der Waals surface area contributed by atoms with Crippen LogP contribution in [0.1, 0.15) is 28.2 Å². The fourth-order valence-corrected chi connectivity index (χ4v) is 3.75. The van der Waals surface area contributed by atoms with Crippen LogP contribution in [0.5, 0.6) is 5.75 Å². The monoisotopic (exact) mass is 487 g/mol. The highest BCUT2D eigenvalue weighted by Gasteiger charge is 2.28. The summed E-state index contributed by atoms with van der Waals surface area (Å²) in [5, 5.41) is 9.72. The average molecular weight is 488 g/mol. The molecular weight excluding hydrogens is 470 g/mol. The largest absolute Gasteiger partial charge is 0.481 e. The molecule has 1 amide bonds. The number of aromatic nitrogens is 2. The maximum Gasteiger partial charge on any atom is 0.414 e. The SMILES string of the molecule is Cc1c(Br)cc(N2CCCOC2=O)c2nc(C(=O)O)c(OCc3ccccc3)c(=O)n12. The lowest BCUT2D eigenvalue weighted by molar-refractivity contribution is 0.0684. The Kier molecular flexibility index (Phi) is 5.64. The number of carbonyl (C=O) groups excluding carboxylic acids is 1. The zero-order valence-corrected chi connectivity index (χ0v) is 18.1. The second kappa shape index (κ2) is 8.38. The summed E-state index contributed by atoms with van der Waals surface area (Å²) >= 11 is 3.41. The minimum atomic E-state index is -1.41. The van der Waals surface area contributed by atoms with Crippen LogP contribution in [-0.2, 0) is 11.3 Å². The van der Waals surface area contributed by atoms with Crippen LogP contribution < -0.4 is 15.2 Å². The smallest absolute Gasteiger partial charge is 0.414 e. The minimum Gasteiger partial charge on any atom is -0.481 e. The van der Waals surface area contributed by atoms with Crippen molar-refractivity contribution in [3.8, 4) is 5.75 Å². The highest BCUT2D eigenvalue weighted by atomic mass is 79.9. The first-order valence-corrected chi connectivity index (χ1v) is 10.3. The third kappa shape index (κ3) is 3.86. The second-order valence-electron chi connectivity index (χ2n) is 6.92. The van der Waals surface area contributed by atoms with Crippen molar-refractivity contribution in [2.75, 3.05) is 18.1 Å². The van der Waals surface area contributed by atoms with Crippen molar-refractivity contribution >= 4 is 39.3 Å². The van der Waals surface area contributed by atoms with Gasteiger partial charge in [-0.2, -0.15) is 0 Å². The molecule has 1 aromatic carbocycles. The van der Waals surface area contributed by atoms with Crippen LogP contribution >= 0.6 is 15.9 Å². The maximum atomic E-state index is 13.3. The number of hydrogen-bond donors (Lipinski definition) is 1. The van der Waals surface area contributed by atoms with Crippen molar-refractivity contribution in [2.24, 2.45) is 0 Å². The summed E-state index contributed by atoms with van der Waals surface area (Å²) < 4.78 is 12.5. The van der Waals surface area contributed by atoms with E-state index in [1.54, 1.807) is 25.1 Å². The number of aromatic carboxylic acids is 1. The first kappa shape index (κ1) is 20.9. The summed E-state index contributed by atoms with van der Waals surface area (Å²) in [6.07, 6.45) is 0.0111. The Bertz CT molecular complexity index is 1240. The molecule has 0 spiro atoms. The zero-order valence-electron chi connectivity index (χ0n) is 16.5.